The van der Waals surface area contributed by atoms with Crippen molar-refractivity contribution in [1.29, 1.82) is 0 Å². The van der Waals surface area contributed by atoms with E-state index in [9.17, 15) is 9.59 Å². The molecule has 0 spiro atoms. The zero-order valence-corrected chi connectivity index (χ0v) is 16.5. The number of hydrogen-bond acceptors (Lipinski definition) is 3. The number of carbonyl (C=O) groups excluding carboxylic acids is 2. The van der Waals surface area contributed by atoms with Crippen LogP contribution in [0, 0.1) is 6.92 Å². The number of carbonyl (C=O) groups is 2. The van der Waals surface area contributed by atoms with Crippen LogP contribution in [0.5, 0.6) is 0 Å². The Hall–Kier alpha value is -3.60. The fourth-order valence-corrected chi connectivity index (χ4v) is 3.58. The second-order valence-electron chi connectivity index (χ2n) is 7.09. The van der Waals surface area contributed by atoms with Crippen molar-refractivity contribution in [2.24, 2.45) is 0 Å². The average molecular weight is 386 g/mol. The topological polar surface area (TPSA) is 55.5 Å². The van der Waals surface area contributed by atoms with Gasteiger partial charge in [0.25, 0.3) is 0 Å². The Morgan fingerprint density at radius 3 is 2.45 bits per heavy atom. The number of aromatic nitrogens is 1. The number of benzene rings is 2. The Morgan fingerprint density at radius 1 is 0.966 bits per heavy atom. The highest BCUT2D eigenvalue weighted by molar-refractivity contribution is 5.99. The summed E-state index contributed by atoms with van der Waals surface area (Å²) in [5.74, 6) is 0.339. The van der Waals surface area contributed by atoms with Gasteiger partial charge in [-0.1, -0.05) is 42.5 Å². The molecule has 0 aliphatic carbocycles. The van der Waals surface area contributed by atoms with E-state index < -0.39 is 0 Å². The Balaban J connectivity index is 1.68. The highest BCUT2D eigenvalue weighted by Gasteiger charge is 2.22. The van der Waals surface area contributed by atoms with E-state index in [1.807, 2.05) is 55.5 Å². The predicted molar refractivity (Wildman–Crippen MR) is 113 cm³/mol. The van der Waals surface area contributed by atoms with Gasteiger partial charge in [-0.25, -0.2) is 0 Å². The normalized spacial score (nSPS) is 11.0. The summed E-state index contributed by atoms with van der Waals surface area (Å²) in [5, 5.41) is 0.909. The molecular formula is C24H22N2O3. The van der Waals surface area contributed by atoms with Gasteiger partial charge in [-0.3, -0.25) is 19.1 Å². The van der Waals surface area contributed by atoms with Gasteiger partial charge in [-0.15, -0.1) is 0 Å². The largest absolute Gasteiger partial charge is 0.448 e. The Morgan fingerprint density at radius 2 is 1.72 bits per heavy atom. The monoisotopic (exact) mass is 386 g/mol. The van der Waals surface area contributed by atoms with Crippen LogP contribution < -0.4 is 4.90 Å². The number of amides is 1. The maximum atomic E-state index is 13.3. The molecule has 2 aromatic heterocycles. The molecule has 5 heteroatoms. The molecular weight excluding hydrogens is 364 g/mol. The van der Waals surface area contributed by atoms with Gasteiger partial charge in [0, 0.05) is 24.6 Å². The van der Waals surface area contributed by atoms with Crippen LogP contribution in [-0.2, 0) is 17.8 Å². The van der Waals surface area contributed by atoms with Gasteiger partial charge in [0.15, 0.2) is 0 Å². The molecule has 4 rings (SSSR count). The predicted octanol–water partition coefficient (Wildman–Crippen LogP) is 4.98. The number of nitrogens with zero attached hydrogens (tertiary/aromatic N) is 2. The van der Waals surface area contributed by atoms with Gasteiger partial charge >= 0.3 is 0 Å². The molecule has 0 N–H and O–H groups in total. The van der Waals surface area contributed by atoms with E-state index in [1.54, 1.807) is 34.1 Å². The van der Waals surface area contributed by atoms with Crippen LogP contribution >= 0.6 is 0 Å². The lowest BCUT2D eigenvalue weighted by Crippen LogP contribution is -2.31. The van der Waals surface area contributed by atoms with E-state index >= 15 is 0 Å². The minimum absolute atomic E-state index is 0.0808. The minimum atomic E-state index is -0.0883. The zero-order chi connectivity index (χ0) is 20.4. The van der Waals surface area contributed by atoms with Crippen molar-refractivity contribution in [2.75, 3.05) is 4.90 Å². The van der Waals surface area contributed by atoms with Crippen molar-refractivity contribution in [2.45, 2.75) is 26.8 Å². The molecule has 29 heavy (non-hydrogen) atoms. The smallest absolute Gasteiger partial charge is 0.234 e. The first-order valence-electron chi connectivity index (χ1n) is 9.53. The maximum absolute atomic E-state index is 13.3. The minimum Gasteiger partial charge on any atom is -0.448 e. The molecule has 0 fully saturated rings. The zero-order valence-electron chi connectivity index (χ0n) is 16.5. The lowest BCUT2D eigenvalue weighted by molar-refractivity contribution is -0.118. The summed E-state index contributed by atoms with van der Waals surface area (Å²) in [4.78, 5) is 27.0. The first kappa shape index (κ1) is 18.7. The SMILES string of the molecule is CC(=O)n1cc(CC(=O)N(Cc2ccccc2C)c2ccco2)c2ccccc21. The lowest BCUT2D eigenvalue weighted by atomic mass is 10.1. The molecule has 5 nitrogen and oxygen atoms in total. The highest BCUT2D eigenvalue weighted by Crippen LogP contribution is 2.25. The van der Waals surface area contributed by atoms with Crippen LogP contribution in [0.1, 0.15) is 28.4 Å². The van der Waals surface area contributed by atoms with Crippen LogP contribution in [0.15, 0.2) is 77.5 Å². The van der Waals surface area contributed by atoms with Crippen LogP contribution in [0.4, 0.5) is 5.88 Å². The number of aryl methyl sites for hydroxylation is 1. The second kappa shape index (κ2) is 7.80. The van der Waals surface area contributed by atoms with E-state index in [0.29, 0.717) is 12.4 Å². The van der Waals surface area contributed by atoms with Gasteiger partial charge in [0.1, 0.15) is 0 Å². The van der Waals surface area contributed by atoms with Gasteiger partial charge < -0.3 is 4.42 Å². The lowest BCUT2D eigenvalue weighted by Gasteiger charge is -2.21. The summed E-state index contributed by atoms with van der Waals surface area (Å²) in [5.41, 5.74) is 3.81. The van der Waals surface area contributed by atoms with Crippen molar-refractivity contribution < 1.29 is 14.0 Å². The highest BCUT2D eigenvalue weighted by atomic mass is 16.3. The fourth-order valence-electron chi connectivity index (χ4n) is 3.58. The van der Waals surface area contributed by atoms with Crippen molar-refractivity contribution in [3.63, 3.8) is 0 Å². The third-order valence-corrected chi connectivity index (χ3v) is 5.14. The quantitative estimate of drug-likeness (QED) is 0.486. The summed E-state index contributed by atoms with van der Waals surface area (Å²) < 4.78 is 7.14. The summed E-state index contributed by atoms with van der Waals surface area (Å²) in [6, 6.07) is 19.2. The first-order valence-corrected chi connectivity index (χ1v) is 9.53. The van der Waals surface area contributed by atoms with Gasteiger partial charge in [0.05, 0.1) is 24.7 Å². The molecule has 0 bridgehead atoms. The van der Waals surface area contributed by atoms with Crippen molar-refractivity contribution in [3.05, 3.63) is 89.8 Å². The van der Waals surface area contributed by atoms with Crippen LogP contribution in [0.25, 0.3) is 10.9 Å². The Labute approximate surface area is 169 Å². The molecule has 2 heterocycles. The average Bonchev–Trinajstić information content (AvgIpc) is 3.36. The summed E-state index contributed by atoms with van der Waals surface area (Å²) in [7, 11) is 0. The first-order chi connectivity index (χ1) is 14.0. The number of fused-ring (bicyclic) bond motifs is 1. The molecule has 0 aliphatic rings. The molecule has 0 radical (unpaired) electrons. The van der Waals surface area contributed by atoms with Crippen molar-refractivity contribution >= 4 is 28.6 Å². The fraction of sp³-hybridized carbons (Fsp3) is 0.167. The third kappa shape index (κ3) is 3.72. The number of furan rings is 1. The number of hydrogen-bond donors (Lipinski definition) is 0. The molecule has 0 atom stereocenters. The molecule has 2 aromatic carbocycles. The molecule has 1 amide bonds. The summed E-state index contributed by atoms with van der Waals surface area (Å²) in [6.45, 7) is 3.97. The van der Waals surface area contributed by atoms with Gasteiger partial charge in [-0.05, 0) is 35.7 Å². The van der Waals surface area contributed by atoms with E-state index in [2.05, 4.69) is 0 Å². The molecule has 0 aliphatic heterocycles. The summed E-state index contributed by atoms with van der Waals surface area (Å²) >= 11 is 0. The molecule has 0 saturated carbocycles. The van der Waals surface area contributed by atoms with Gasteiger partial charge in [0.2, 0.25) is 17.7 Å². The Bertz CT molecular complexity index is 1170. The maximum Gasteiger partial charge on any atom is 0.234 e. The van der Waals surface area contributed by atoms with Crippen LogP contribution in [-0.4, -0.2) is 16.4 Å². The molecule has 0 unspecified atom stereocenters. The molecule has 146 valence electrons. The van der Waals surface area contributed by atoms with Gasteiger partial charge in [-0.2, -0.15) is 0 Å². The number of rotatable bonds is 5. The summed E-state index contributed by atoms with van der Waals surface area (Å²) in [6.07, 6.45) is 3.50. The standard InChI is InChI=1S/C24H22N2O3/c1-17-8-3-4-9-19(17)15-26(24-12-7-13-29-24)23(28)14-20-16-25(18(2)27)22-11-6-5-10-21(20)22/h3-13,16H,14-15H2,1-2H3. The van der Waals surface area contributed by atoms with Crippen LogP contribution in [0.3, 0.4) is 0 Å². The number of para-hydroxylation sites is 1. The second-order valence-corrected chi connectivity index (χ2v) is 7.09. The van der Waals surface area contributed by atoms with Crippen molar-refractivity contribution in [3.8, 4) is 0 Å². The molecule has 4 aromatic rings. The van der Waals surface area contributed by atoms with E-state index in [4.69, 9.17) is 4.42 Å². The number of anilines is 1. The third-order valence-electron chi connectivity index (χ3n) is 5.14. The van der Waals surface area contributed by atoms with E-state index in [0.717, 1.165) is 27.6 Å². The van der Waals surface area contributed by atoms with Crippen molar-refractivity contribution in [1.82, 2.24) is 4.57 Å². The Kier molecular flexibility index (Phi) is 5.04. The van der Waals surface area contributed by atoms with E-state index in [-0.39, 0.29) is 18.2 Å². The molecule has 0 saturated heterocycles. The van der Waals surface area contributed by atoms with E-state index in [1.165, 1.54) is 6.92 Å². The van der Waals surface area contributed by atoms with Crippen LogP contribution in [0.2, 0.25) is 0 Å².